The van der Waals surface area contributed by atoms with Gasteiger partial charge in [0.1, 0.15) is 17.8 Å². The van der Waals surface area contributed by atoms with Crippen LogP contribution in [-0.2, 0) is 6.42 Å². The van der Waals surface area contributed by atoms with Gasteiger partial charge in [-0.1, -0.05) is 6.07 Å². The van der Waals surface area contributed by atoms with E-state index in [1.807, 2.05) is 0 Å². The number of aromatic nitrogens is 4. The number of H-pyrrole nitrogens is 1. The Balaban J connectivity index is 1.83. The number of carbonyl (C=O) groups is 1. The first-order valence-electron chi connectivity index (χ1n) is 7.48. The van der Waals surface area contributed by atoms with Crippen molar-refractivity contribution in [2.24, 2.45) is 0 Å². The lowest BCUT2D eigenvalue weighted by Crippen LogP contribution is -2.39. The van der Waals surface area contributed by atoms with E-state index < -0.39 is 0 Å². The van der Waals surface area contributed by atoms with Crippen LogP contribution in [0, 0.1) is 0 Å². The SMILES string of the molecule is O=C(c1cocn1)N1CCCc2c1nc(-c1ccccn1)[nH]c2=O. The summed E-state index contributed by atoms with van der Waals surface area (Å²) >= 11 is 0. The van der Waals surface area contributed by atoms with E-state index in [-0.39, 0.29) is 17.2 Å². The average molecular weight is 323 g/mol. The molecule has 1 amide bonds. The number of anilines is 1. The van der Waals surface area contributed by atoms with Gasteiger partial charge in [0.25, 0.3) is 11.5 Å². The summed E-state index contributed by atoms with van der Waals surface area (Å²) in [7, 11) is 0. The zero-order chi connectivity index (χ0) is 16.5. The predicted octanol–water partition coefficient (Wildman–Crippen LogP) is 1.41. The van der Waals surface area contributed by atoms with Crippen molar-refractivity contribution in [2.75, 3.05) is 11.4 Å². The molecule has 0 saturated carbocycles. The number of amides is 1. The van der Waals surface area contributed by atoms with E-state index in [0.717, 1.165) is 0 Å². The molecule has 1 N–H and O–H groups in total. The zero-order valence-electron chi connectivity index (χ0n) is 12.6. The van der Waals surface area contributed by atoms with Gasteiger partial charge in [0.05, 0.1) is 5.56 Å². The van der Waals surface area contributed by atoms with Crippen LogP contribution in [0.5, 0.6) is 0 Å². The number of fused-ring (bicyclic) bond motifs is 1. The van der Waals surface area contributed by atoms with Crippen LogP contribution in [0.25, 0.3) is 11.5 Å². The highest BCUT2D eigenvalue weighted by molar-refractivity contribution is 6.04. The largest absolute Gasteiger partial charge is 0.451 e. The second-order valence-electron chi connectivity index (χ2n) is 5.37. The van der Waals surface area contributed by atoms with E-state index in [9.17, 15) is 9.59 Å². The topological polar surface area (TPSA) is 105 Å². The molecule has 0 radical (unpaired) electrons. The number of nitrogens with zero attached hydrogens (tertiary/aromatic N) is 4. The lowest BCUT2D eigenvalue weighted by atomic mass is 10.1. The Hall–Kier alpha value is -3.29. The molecule has 0 unspecified atom stereocenters. The smallest absolute Gasteiger partial charge is 0.281 e. The molecule has 0 saturated heterocycles. The van der Waals surface area contributed by atoms with Crippen molar-refractivity contribution in [1.82, 2.24) is 19.9 Å². The van der Waals surface area contributed by atoms with E-state index in [1.54, 1.807) is 24.4 Å². The minimum absolute atomic E-state index is 0.185. The molecule has 120 valence electrons. The third-order valence-corrected chi connectivity index (χ3v) is 3.86. The lowest BCUT2D eigenvalue weighted by molar-refractivity contribution is 0.0979. The molecule has 4 rings (SSSR count). The summed E-state index contributed by atoms with van der Waals surface area (Å²) in [6.45, 7) is 0.469. The minimum Gasteiger partial charge on any atom is -0.451 e. The van der Waals surface area contributed by atoms with Crippen molar-refractivity contribution in [3.05, 3.63) is 58.7 Å². The summed E-state index contributed by atoms with van der Waals surface area (Å²) in [6, 6.07) is 5.33. The average Bonchev–Trinajstić information content (AvgIpc) is 3.16. The van der Waals surface area contributed by atoms with Crippen molar-refractivity contribution in [3.8, 4) is 11.5 Å². The fourth-order valence-electron chi connectivity index (χ4n) is 2.73. The van der Waals surface area contributed by atoms with Gasteiger partial charge in [-0.2, -0.15) is 0 Å². The molecular formula is C16H13N5O3. The van der Waals surface area contributed by atoms with Gasteiger partial charge in [0, 0.05) is 12.7 Å². The van der Waals surface area contributed by atoms with Crippen LogP contribution in [0.1, 0.15) is 22.5 Å². The number of pyridine rings is 1. The van der Waals surface area contributed by atoms with Gasteiger partial charge >= 0.3 is 0 Å². The maximum Gasteiger partial charge on any atom is 0.281 e. The summed E-state index contributed by atoms with van der Waals surface area (Å²) in [5.41, 5.74) is 0.970. The Morgan fingerprint density at radius 3 is 2.96 bits per heavy atom. The van der Waals surface area contributed by atoms with Gasteiger partial charge < -0.3 is 9.40 Å². The Kier molecular flexibility index (Phi) is 3.42. The first kappa shape index (κ1) is 14.3. The van der Waals surface area contributed by atoms with E-state index in [0.29, 0.717) is 42.3 Å². The number of rotatable bonds is 2. The number of oxazole rings is 1. The fraction of sp³-hybridized carbons (Fsp3) is 0.188. The second-order valence-corrected chi connectivity index (χ2v) is 5.37. The van der Waals surface area contributed by atoms with E-state index in [1.165, 1.54) is 17.6 Å². The van der Waals surface area contributed by atoms with E-state index in [4.69, 9.17) is 4.42 Å². The van der Waals surface area contributed by atoms with Gasteiger partial charge in [-0.3, -0.25) is 19.5 Å². The van der Waals surface area contributed by atoms with Crippen molar-refractivity contribution in [1.29, 1.82) is 0 Å². The van der Waals surface area contributed by atoms with Crippen molar-refractivity contribution < 1.29 is 9.21 Å². The third-order valence-electron chi connectivity index (χ3n) is 3.86. The number of carbonyl (C=O) groups excluding carboxylic acids is 1. The Labute approximate surface area is 136 Å². The van der Waals surface area contributed by atoms with Gasteiger partial charge in [-0.25, -0.2) is 9.97 Å². The Morgan fingerprint density at radius 2 is 2.21 bits per heavy atom. The summed E-state index contributed by atoms with van der Waals surface area (Å²) in [5, 5.41) is 0. The molecule has 0 bridgehead atoms. The van der Waals surface area contributed by atoms with Crippen molar-refractivity contribution in [3.63, 3.8) is 0 Å². The van der Waals surface area contributed by atoms with Crippen molar-refractivity contribution >= 4 is 11.7 Å². The second kappa shape index (κ2) is 5.73. The van der Waals surface area contributed by atoms with Crippen LogP contribution >= 0.6 is 0 Å². The molecule has 24 heavy (non-hydrogen) atoms. The molecule has 1 aliphatic rings. The molecular weight excluding hydrogens is 310 g/mol. The highest BCUT2D eigenvalue weighted by atomic mass is 16.3. The first-order valence-corrected chi connectivity index (χ1v) is 7.48. The van der Waals surface area contributed by atoms with Crippen LogP contribution in [0.2, 0.25) is 0 Å². The standard InChI is InChI=1S/C16H13N5O3/c22-15-10-4-3-7-21(16(23)12-8-24-9-18-12)14(10)19-13(20-15)11-5-1-2-6-17-11/h1-2,5-6,8-9H,3-4,7H2,(H,19,20,22). The maximum atomic E-state index is 12.6. The Morgan fingerprint density at radius 1 is 1.29 bits per heavy atom. The molecule has 8 heteroatoms. The number of hydrogen-bond donors (Lipinski definition) is 1. The molecule has 3 aromatic heterocycles. The number of nitrogens with one attached hydrogen (secondary N) is 1. The van der Waals surface area contributed by atoms with E-state index in [2.05, 4.69) is 19.9 Å². The quantitative estimate of drug-likeness (QED) is 0.764. The van der Waals surface area contributed by atoms with Crippen LogP contribution < -0.4 is 10.5 Å². The minimum atomic E-state index is -0.338. The summed E-state index contributed by atoms with van der Waals surface area (Å²) in [5.74, 6) is 0.354. The number of hydrogen-bond acceptors (Lipinski definition) is 6. The van der Waals surface area contributed by atoms with Crippen molar-refractivity contribution in [2.45, 2.75) is 12.8 Å². The molecule has 8 nitrogen and oxygen atoms in total. The molecule has 0 aliphatic carbocycles. The summed E-state index contributed by atoms with van der Waals surface area (Å²) in [4.78, 5) is 41.8. The molecule has 4 heterocycles. The first-order chi connectivity index (χ1) is 11.7. The van der Waals surface area contributed by atoms with Crippen LogP contribution in [0.15, 0.2) is 46.3 Å². The zero-order valence-corrected chi connectivity index (χ0v) is 12.6. The number of aromatic amines is 1. The van der Waals surface area contributed by atoms with E-state index >= 15 is 0 Å². The van der Waals surface area contributed by atoms with Crippen LogP contribution in [0.4, 0.5) is 5.82 Å². The van der Waals surface area contributed by atoms with Crippen LogP contribution in [0.3, 0.4) is 0 Å². The lowest BCUT2D eigenvalue weighted by Gasteiger charge is -2.27. The normalized spacial score (nSPS) is 13.6. The highest BCUT2D eigenvalue weighted by Crippen LogP contribution is 2.25. The summed E-state index contributed by atoms with van der Waals surface area (Å²) in [6.07, 6.45) is 5.35. The predicted molar refractivity (Wildman–Crippen MR) is 84.6 cm³/mol. The highest BCUT2D eigenvalue weighted by Gasteiger charge is 2.29. The third kappa shape index (κ3) is 2.37. The van der Waals surface area contributed by atoms with Gasteiger partial charge in [0.15, 0.2) is 17.9 Å². The van der Waals surface area contributed by atoms with Crippen LogP contribution in [-0.4, -0.2) is 32.4 Å². The molecule has 3 aromatic rings. The monoisotopic (exact) mass is 323 g/mol. The fourth-order valence-corrected chi connectivity index (χ4v) is 2.73. The van der Waals surface area contributed by atoms with Gasteiger partial charge in [-0.15, -0.1) is 0 Å². The maximum absolute atomic E-state index is 12.6. The molecule has 0 spiro atoms. The van der Waals surface area contributed by atoms with Gasteiger partial charge in [0.2, 0.25) is 0 Å². The van der Waals surface area contributed by atoms with Gasteiger partial charge in [-0.05, 0) is 25.0 Å². The molecule has 0 aromatic carbocycles. The summed E-state index contributed by atoms with van der Waals surface area (Å²) < 4.78 is 4.87. The molecule has 0 fully saturated rings. The molecule has 0 atom stereocenters. The molecule has 1 aliphatic heterocycles. The Bertz CT molecular complexity index is 934.